The van der Waals surface area contributed by atoms with Gasteiger partial charge in [-0.15, -0.1) is 0 Å². The zero-order chi connectivity index (χ0) is 49.9. The number of imidazole rings is 1. The van der Waals surface area contributed by atoms with E-state index in [2.05, 4.69) is 27.5 Å². The van der Waals surface area contributed by atoms with Gasteiger partial charge in [0.25, 0.3) is 0 Å². The molecule has 2 amide bonds. The maximum Gasteiger partial charge on any atom is 0.326 e. The molecule has 0 saturated carbocycles. The molecular formula is C50H89N5O13. The number of carbonyl (C=O) groups excluding carboxylic acids is 5. The van der Waals surface area contributed by atoms with Gasteiger partial charge >= 0.3 is 11.9 Å². The van der Waals surface area contributed by atoms with Crippen LogP contribution in [0, 0.1) is 5.92 Å². The molecule has 18 heteroatoms. The average Bonchev–Trinajstić information content (AvgIpc) is 3.83. The molecular weight excluding hydrogens is 879 g/mol. The number of aromatic amines is 1. The second kappa shape index (κ2) is 43.0. The lowest BCUT2D eigenvalue weighted by molar-refractivity contribution is -0.144. The number of carboxylic acid groups (broad SMARTS) is 2. The molecule has 1 rings (SSSR count). The van der Waals surface area contributed by atoms with Crippen molar-refractivity contribution in [3.05, 3.63) is 18.2 Å². The molecule has 0 aliphatic carbocycles. The summed E-state index contributed by atoms with van der Waals surface area (Å²) in [5.41, 5.74) is 6.65. The summed E-state index contributed by atoms with van der Waals surface area (Å²) in [5.74, 6) is -4.11. The topological polar surface area (TPSA) is 276 Å². The van der Waals surface area contributed by atoms with Gasteiger partial charge in [0.1, 0.15) is 25.0 Å². The fourth-order valence-electron chi connectivity index (χ4n) is 7.50. The van der Waals surface area contributed by atoms with E-state index in [-0.39, 0.29) is 122 Å². The number of rotatable bonds is 50. The summed E-state index contributed by atoms with van der Waals surface area (Å²) >= 11 is 0. The SMILES string of the molecule is CCCCCCCCCCCCCCCCCC(=O)NC(CCC(=O)CCCOCCOCC(=O)NCCOCCOCC(=O)CCCCC[C@H](CC(=O)[C@@H](N)Cc1cnc[nH]1)C(=O)O)C(=O)O.[HH]. The molecule has 0 aliphatic heterocycles. The number of aromatic nitrogens is 2. The van der Waals surface area contributed by atoms with Crippen molar-refractivity contribution in [3.63, 3.8) is 0 Å². The van der Waals surface area contributed by atoms with Crippen LogP contribution in [0.1, 0.15) is 181 Å². The highest BCUT2D eigenvalue weighted by atomic mass is 16.5. The largest absolute Gasteiger partial charge is 0.481 e. The van der Waals surface area contributed by atoms with Crippen molar-refractivity contribution in [2.45, 2.75) is 192 Å². The fraction of sp³-hybridized carbons (Fsp3) is 0.800. The quantitative estimate of drug-likeness (QED) is 0.0365. The molecule has 1 aromatic heterocycles. The number of unbranched alkanes of at least 4 members (excludes halogenated alkanes) is 16. The van der Waals surface area contributed by atoms with Crippen molar-refractivity contribution in [2.24, 2.45) is 11.7 Å². The second-order valence-electron chi connectivity index (χ2n) is 17.7. The van der Waals surface area contributed by atoms with Crippen LogP contribution in [0.15, 0.2) is 12.5 Å². The Hall–Kier alpha value is -4.10. The van der Waals surface area contributed by atoms with Gasteiger partial charge < -0.3 is 50.5 Å². The summed E-state index contributed by atoms with van der Waals surface area (Å²) < 4.78 is 21.6. The number of carbonyl (C=O) groups is 7. The van der Waals surface area contributed by atoms with Crippen LogP contribution in [0.2, 0.25) is 0 Å². The van der Waals surface area contributed by atoms with E-state index in [1.165, 1.54) is 77.0 Å². The first-order valence-electron chi connectivity index (χ1n) is 25.5. The molecule has 0 fully saturated rings. The lowest BCUT2D eigenvalue weighted by Crippen LogP contribution is -2.41. The first-order valence-corrected chi connectivity index (χ1v) is 25.5. The minimum Gasteiger partial charge on any atom is -0.481 e. The number of ketones is 3. The van der Waals surface area contributed by atoms with Gasteiger partial charge in [-0.1, -0.05) is 110 Å². The van der Waals surface area contributed by atoms with Crippen LogP contribution < -0.4 is 16.4 Å². The minimum absolute atomic E-state index is 0. The smallest absolute Gasteiger partial charge is 0.326 e. The number of ether oxygens (including phenoxy) is 4. The molecule has 68 heavy (non-hydrogen) atoms. The molecule has 7 N–H and O–H groups in total. The highest BCUT2D eigenvalue weighted by Crippen LogP contribution is 2.18. The summed E-state index contributed by atoms with van der Waals surface area (Å²) in [6.45, 7) is 3.72. The molecule has 18 nitrogen and oxygen atoms in total. The maximum atomic E-state index is 12.4. The molecule has 0 aromatic carbocycles. The van der Waals surface area contributed by atoms with Crippen molar-refractivity contribution in [1.29, 1.82) is 0 Å². The molecule has 1 aromatic rings. The first kappa shape index (κ1) is 61.9. The Morgan fingerprint density at radius 2 is 1.18 bits per heavy atom. The van der Waals surface area contributed by atoms with Gasteiger partial charge in [0.05, 0.1) is 51.3 Å². The van der Waals surface area contributed by atoms with Gasteiger partial charge in [-0.3, -0.25) is 28.8 Å². The van der Waals surface area contributed by atoms with Crippen molar-refractivity contribution in [3.8, 4) is 0 Å². The maximum absolute atomic E-state index is 12.4. The Morgan fingerprint density at radius 1 is 0.618 bits per heavy atom. The van der Waals surface area contributed by atoms with E-state index in [1.807, 2.05) is 0 Å². The Balaban J connectivity index is 0.0000462. The minimum atomic E-state index is -1.15. The van der Waals surface area contributed by atoms with Crippen LogP contribution in [0.4, 0.5) is 0 Å². The number of hydrogen-bond acceptors (Lipinski definition) is 13. The van der Waals surface area contributed by atoms with Gasteiger partial charge in [-0.2, -0.15) is 0 Å². The van der Waals surface area contributed by atoms with Crippen LogP contribution in [0.25, 0.3) is 0 Å². The first-order chi connectivity index (χ1) is 32.9. The molecule has 0 aliphatic rings. The van der Waals surface area contributed by atoms with Crippen LogP contribution in [-0.2, 0) is 58.9 Å². The van der Waals surface area contributed by atoms with Crippen molar-refractivity contribution < 1.29 is 64.1 Å². The second-order valence-corrected chi connectivity index (χ2v) is 17.7. The molecule has 0 radical (unpaired) electrons. The third kappa shape index (κ3) is 36.9. The summed E-state index contributed by atoms with van der Waals surface area (Å²) in [4.78, 5) is 91.4. The molecule has 392 valence electrons. The number of nitrogens with two attached hydrogens (primary N) is 1. The molecule has 3 atom stereocenters. The molecule has 1 heterocycles. The van der Waals surface area contributed by atoms with E-state index < -0.39 is 29.9 Å². The molecule has 0 saturated heterocycles. The highest BCUT2D eigenvalue weighted by molar-refractivity contribution is 5.88. The van der Waals surface area contributed by atoms with Crippen LogP contribution in [0.3, 0.4) is 0 Å². The standard InChI is InChI=1S/C50H87N5O13.H2/c1-2-3-4-5-6-7-8-9-10-11-12-13-14-15-19-24-47(59)55-45(50(63)64)26-25-42(56)23-20-28-65-30-33-68-38-48(60)53-27-29-66-31-32-67-37-43(57)22-18-16-17-21-40(49(61)62)34-46(58)44(51)35-41-36-52-39-54-41;/h36,39-40,44-45H,2-35,37-38,51H2,1H3,(H,52,54)(H,53,60)(H,55,59)(H,61,62)(H,63,64);1H/t40-,44+,45?;/m1./s1. The summed E-state index contributed by atoms with van der Waals surface area (Å²) in [6.07, 6.45) is 25.1. The van der Waals surface area contributed by atoms with Crippen LogP contribution >= 0.6 is 0 Å². The summed E-state index contributed by atoms with van der Waals surface area (Å²) in [6, 6.07) is -1.90. The van der Waals surface area contributed by atoms with E-state index in [1.54, 1.807) is 6.20 Å². The van der Waals surface area contributed by atoms with Crippen molar-refractivity contribution >= 4 is 41.1 Å². The third-order valence-corrected chi connectivity index (χ3v) is 11.6. The monoisotopic (exact) mass is 968 g/mol. The number of H-pyrrole nitrogens is 1. The Labute approximate surface area is 406 Å². The van der Waals surface area contributed by atoms with Crippen LogP contribution in [0.5, 0.6) is 0 Å². The lowest BCUT2D eigenvalue weighted by Gasteiger charge is -2.15. The highest BCUT2D eigenvalue weighted by Gasteiger charge is 2.25. The summed E-state index contributed by atoms with van der Waals surface area (Å²) in [7, 11) is 0. The number of carboxylic acids is 2. The number of amides is 2. The van der Waals surface area contributed by atoms with Gasteiger partial charge in [-0.25, -0.2) is 9.78 Å². The van der Waals surface area contributed by atoms with E-state index in [9.17, 15) is 43.8 Å². The Bertz CT molecular complexity index is 1500. The number of hydrogen-bond donors (Lipinski definition) is 6. The van der Waals surface area contributed by atoms with E-state index in [0.717, 1.165) is 25.7 Å². The van der Waals surface area contributed by atoms with E-state index >= 15 is 0 Å². The predicted octanol–water partition coefficient (Wildman–Crippen LogP) is 6.85. The van der Waals surface area contributed by atoms with Gasteiger partial charge in [-0.05, 0) is 32.1 Å². The van der Waals surface area contributed by atoms with E-state index in [4.69, 9.17) is 24.7 Å². The van der Waals surface area contributed by atoms with Gasteiger partial charge in [0.2, 0.25) is 11.8 Å². The van der Waals surface area contributed by atoms with Crippen molar-refractivity contribution in [1.82, 2.24) is 20.6 Å². The zero-order valence-electron chi connectivity index (χ0n) is 41.3. The summed E-state index contributed by atoms with van der Waals surface area (Å²) in [5, 5.41) is 24.3. The van der Waals surface area contributed by atoms with Crippen molar-refractivity contribution in [2.75, 3.05) is 59.4 Å². The third-order valence-electron chi connectivity index (χ3n) is 11.6. The zero-order valence-corrected chi connectivity index (χ0v) is 41.3. The fourth-order valence-corrected chi connectivity index (χ4v) is 7.50. The van der Waals surface area contributed by atoms with E-state index in [0.29, 0.717) is 50.8 Å². The molecule has 0 spiro atoms. The molecule has 1 unspecified atom stereocenters. The number of Topliss-reactive ketones (excluding diaryl/α,β-unsaturated/α-hetero) is 3. The number of nitrogens with zero attached hydrogens (tertiary/aromatic N) is 1. The van der Waals surface area contributed by atoms with Gasteiger partial charge in [0, 0.05) is 65.0 Å². The number of nitrogens with one attached hydrogen (secondary N) is 3. The molecule has 0 bridgehead atoms. The predicted molar refractivity (Wildman–Crippen MR) is 260 cm³/mol. The lowest BCUT2D eigenvalue weighted by atomic mass is 9.92. The number of aliphatic carboxylic acids is 2. The Kier molecular flexibility index (Phi) is 39.1. The Morgan fingerprint density at radius 3 is 1.78 bits per heavy atom. The average molecular weight is 968 g/mol. The normalized spacial score (nSPS) is 12.6. The van der Waals surface area contributed by atoms with Gasteiger partial charge in [0.15, 0.2) is 11.6 Å². The van der Waals surface area contributed by atoms with Crippen LogP contribution in [-0.4, -0.2) is 133 Å².